The number of rotatable bonds is 7. The summed E-state index contributed by atoms with van der Waals surface area (Å²) in [6.45, 7) is 2.01. The van der Waals surface area contributed by atoms with Gasteiger partial charge in [-0.25, -0.2) is 13.2 Å². The number of hydrogen-bond donors (Lipinski definition) is 1. The van der Waals surface area contributed by atoms with E-state index in [9.17, 15) is 22.8 Å². The average Bonchev–Trinajstić information content (AvgIpc) is 2.50. The van der Waals surface area contributed by atoms with Crippen LogP contribution in [0.5, 0.6) is 0 Å². The summed E-state index contributed by atoms with van der Waals surface area (Å²) < 4.78 is 34.0. The van der Waals surface area contributed by atoms with Crippen molar-refractivity contribution in [3.05, 3.63) is 29.8 Å². The molecule has 0 bridgehead atoms. The van der Waals surface area contributed by atoms with Crippen LogP contribution in [0, 0.1) is 6.92 Å². The number of imide groups is 1. The second-order valence-corrected chi connectivity index (χ2v) is 6.89. The van der Waals surface area contributed by atoms with Gasteiger partial charge in [-0.05, 0) is 25.5 Å². The van der Waals surface area contributed by atoms with Crippen LogP contribution in [0.1, 0.15) is 12.5 Å². The van der Waals surface area contributed by atoms with Gasteiger partial charge in [0, 0.05) is 0 Å². The summed E-state index contributed by atoms with van der Waals surface area (Å²) in [7, 11) is -3.74. The van der Waals surface area contributed by atoms with Crippen LogP contribution in [0.25, 0.3) is 0 Å². The Hall–Kier alpha value is -2.62. The van der Waals surface area contributed by atoms with Gasteiger partial charge in [0.1, 0.15) is 6.54 Å². The van der Waals surface area contributed by atoms with E-state index in [1.165, 1.54) is 0 Å². The SMILES string of the molecule is CCOC(=O)NC(=O)COC(=O)CN(c1ccccc1C)S(C)(=O)=O. The molecule has 10 heteroatoms. The molecule has 0 saturated carbocycles. The van der Waals surface area contributed by atoms with Crippen molar-refractivity contribution in [2.45, 2.75) is 13.8 Å². The summed E-state index contributed by atoms with van der Waals surface area (Å²) >= 11 is 0. The first-order valence-electron chi connectivity index (χ1n) is 7.30. The van der Waals surface area contributed by atoms with Crippen molar-refractivity contribution < 1.29 is 32.3 Å². The Bertz CT molecular complexity index is 746. The van der Waals surface area contributed by atoms with E-state index in [1.54, 1.807) is 38.1 Å². The van der Waals surface area contributed by atoms with Gasteiger partial charge in [-0.1, -0.05) is 18.2 Å². The quantitative estimate of drug-likeness (QED) is 0.695. The maximum absolute atomic E-state index is 12.0. The fraction of sp³-hybridized carbons (Fsp3) is 0.400. The fourth-order valence-electron chi connectivity index (χ4n) is 1.85. The number of nitrogens with zero attached hydrogens (tertiary/aromatic N) is 1. The standard InChI is InChI=1S/C15H20N2O7S/c1-4-23-15(20)16-13(18)10-24-14(19)9-17(25(3,21)22)12-8-6-5-7-11(12)2/h5-8H,4,9-10H2,1-3H3,(H,16,18,20). The van der Waals surface area contributed by atoms with E-state index in [1.807, 2.05) is 5.32 Å². The van der Waals surface area contributed by atoms with Crippen LogP contribution in [0.4, 0.5) is 10.5 Å². The second kappa shape index (κ2) is 9.02. The Morgan fingerprint density at radius 1 is 1.16 bits per heavy atom. The van der Waals surface area contributed by atoms with Gasteiger partial charge >= 0.3 is 12.1 Å². The number of anilines is 1. The molecule has 1 aromatic rings. The summed E-state index contributed by atoms with van der Waals surface area (Å²) in [5, 5.41) is 1.85. The van der Waals surface area contributed by atoms with Gasteiger partial charge in [-0.3, -0.25) is 19.2 Å². The lowest BCUT2D eigenvalue weighted by atomic mass is 10.2. The molecule has 0 spiro atoms. The molecule has 0 unspecified atom stereocenters. The van der Waals surface area contributed by atoms with E-state index in [0.29, 0.717) is 11.3 Å². The molecule has 1 aromatic carbocycles. The Labute approximate surface area is 145 Å². The Balaban J connectivity index is 2.70. The summed E-state index contributed by atoms with van der Waals surface area (Å²) in [6.07, 6.45) is 0.00131. The first-order valence-corrected chi connectivity index (χ1v) is 9.15. The van der Waals surface area contributed by atoms with Crippen molar-refractivity contribution in [3.8, 4) is 0 Å². The molecule has 0 aliphatic heterocycles. The van der Waals surface area contributed by atoms with Crippen LogP contribution in [0.15, 0.2) is 24.3 Å². The van der Waals surface area contributed by atoms with Gasteiger partial charge in [0.15, 0.2) is 6.61 Å². The molecule has 25 heavy (non-hydrogen) atoms. The molecule has 0 aliphatic carbocycles. The first kappa shape index (κ1) is 20.4. The molecule has 1 N–H and O–H groups in total. The molecular weight excluding hydrogens is 352 g/mol. The predicted molar refractivity (Wildman–Crippen MR) is 89.5 cm³/mol. The number of carbonyl (C=O) groups excluding carboxylic acids is 3. The van der Waals surface area contributed by atoms with Crippen molar-refractivity contribution in [1.82, 2.24) is 5.32 Å². The number of hydrogen-bond acceptors (Lipinski definition) is 7. The lowest BCUT2D eigenvalue weighted by molar-refractivity contribution is -0.146. The molecule has 0 saturated heterocycles. The lowest BCUT2D eigenvalue weighted by Crippen LogP contribution is -2.38. The number of nitrogens with one attached hydrogen (secondary N) is 1. The third-order valence-corrected chi connectivity index (χ3v) is 4.06. The Morgan fingerprint density at radius 3 is 2.36 bits per heavy atom. The third-order valence-electron chi connectivity index (χ3n) is 2.94. The van der Waals surface area contributed by atoms with Crippen LogP contribution in [0.2, 0.25) is 0 Å². The van der Waals surface area contributed by atoms with Crippen molar-refractivity contribution in [1.29, 1.82) is 0 Å². The Kier molecular flexibility index (Phi) is 7.37. The first-order chi connectivity index (χ1) is 11.6. The highest BCUT2D eigenvalue weighted by Crippen LogP contribution is 2.21. The van der Waals surface area contributed by atoms with Gasteiger partial charge in [0.05, 0.1) is 18.6 Å². The second-order valence-electron chi connectivity index (χ2n) is 4.99. The van der Waals surface area contributed by atoms with Crippen LogP contribution in [-0.4, -0.2) is 52.4 Å². The molecule has 0 radical (unpaired) electrons. The number of alkyl carbamates (subject to hydrolysis) is 1. The molecule has 1 rings (SSSR count). The molecule has 0 aliphatic rings. The smallest absolute Gasteiger partial charge is 0.413 e. The maximum Gasteiger partial charge on any atom is 0.413 e. The van der Waals surface area contributed by atoms with Crippen LogP contribution < -0.4 is 9.62 Å². The van der Waals surface area contributed by atoms with E-state index < -0.39 is 41.1 Å². The van der Waals surface area contributed by atoms with Gasteiger partial charge in [0.25, 0.3) is 5.91 Å². The van der Waals surface area contributed by atoms with Crippen LogP contribution in [0.3, 0.4) is 0 Å². The van der Waals surface area contributed by atoms with Gasteiger partial charge < -0.3 is 9.47 Å². The molecule has 0 aromatic heterocycles. The number of ether oxygens (including phenoxy) is 2. The highest BCUT2D eigenvalue weighted by atomic mass is 32.2. The zero-order chi connectivity index (χ0) is 19.0. The van der Waals surface area contributed by atoms with Crippen molar-refractivity contribution in [2.24, 2.45) is 0 Å². The average molecular weight is 372 g/mol. The number of amides is 2. The summed E-state index contributed by atoms with van der Waals surface area (Å²) in [5.74, 6) is -1.82. The van der Waals surface area contributed by atoms with E-state index in [-0.39, 0.29) is 6.61 Å². The number of aryl methyl sites for hydroxylation is 1. The number of benzene rings is 1. The van der Waals surface area contributed by atoms with Crippen LogP contribution in [-0.2, 0) is 29.1 Å². The molecule has 0 heterocycles. The highest BCUT2D eigenvalue weighted by molar-refractivity contribution is 7.92. The van der Waals surface area contributed by atoms with E-state index >= 15 is 0 Å². The lowest BCUT2D eigenvalue weighted by Gasteiger charge is -2.23. The molecular formula is C15H20N2O7S. The van der Waals surface area contributed by atoms with E-state index in [2.05, 4.69) is 4.74 Å². The number of sulfonamides is 1. The highest BCUT2D eigenvalue weighted by Gasteiger charge is 2.23. The summed E-state index contributed by atoms with van der Waals surface area (Å²) in [6, 6.07) is 6.62. The number of esters is 1. The molecule has 9 nitrogen and oxygen atoms in total. The fourth-order valence-corrected chi connectivity index (χ4v) is 2.75. The summed E-state index contributed by atoms with van der Waals surface area (Å²) in [4.78, 5) is 34.3. The molecule has 2 amide bonds. The van der Waals surface area contributed by atoms with Gasteiger partial charge in [-0.15, -0.1) is 0 Å². The normalized spacial score (nSPS) is 10.7. The number of carbonyl (C=O) groups is 3. The summed E-state index contributed by atoms with van der Waals surface area (Å²) in [5.41, 5.74) is 0.985. The largest absolute Gasteiger partial charge is 0.454 e. The van der Waals surface area contributed by atoms with E-state index in [4.69, 9.17) is 4.74 Å². The van der Waals surface area contributed by atoms with Gasteiger partial charge in [-0.2, -0.15) is 0 Å². The van der Waals surface area contributed by atoms with Gasteiger partial charge in [0.2, 0.25) is 10.0 Å². The molecule has 0 atom stereocenters. The minimum atomic E-state index is -3.74. The van der Waals surface area contributed by atoms with Crippen molar-refractivity contribution >= 4 is 33.7 Å². The zero-order valence-corrected chi connectivity index (χ0v) is 15.0. The van der Waals surface area contributed by atoms with Crippen molar-refractivity contribution in [3.63, 3.8) is 0 Å². The minimum Gasteiger partial charge on any atom is -0.454 e. The minimum absolute atomic E-state index is 0.0820. The molecule has 138 valence electrons. The topological polar surface area (TPSA) is 119 Å². The van der Waals surface area contributed by atoms with Crippen LogP contribution >= 0.6 is 0 Å². The zero-order valence-electron chi connectivity index (χ0n) is 14.1. The predicted octanol–water partition coefficient (Wildman–Crippen LogP) is 0.577. The third kappa shape index (κ3) is 6.79. The van der Waals surface area contributed by atoms with E-state index in [0.717, 1.165) is 10.6 Å². The monoisotopic (exact) mass is 372 g/mol. The Morgan fingerprint density at radius 2 is 1.80 bits per heavy atom. The number of para-hydroxylation sites is 1. The molecule has 0 fully saturated rings. The maximum atomic E-state index is 12.0. The van der Waals surface area contributed by atoms with Crippen molar-refractivity contribution in [2.75, 3.05) is 30.3 Å².